The third-order valence-electron chi connectivity index (χ3n) is 4.49. The van der Waals surface area contributed by atoms with Gasteiger partial charge in [-0.2, -0.15) is 0 Å². The average Bonchev–Trinajstić information content (AvgIpc) is 2.70. The second kappa shape index (κ2) is 8.96. The number of nitrogens with one attached hydrogen (secondary N) is 1. The number of hydrogen-bond acceptors (Lipinski definition) is 4. The minimum Gasteiger partial charge on any atom is -0.484 e. The fourth-order valence-electron chi connectivity index (χ4n) is 3.03. The summed E-state index contributed by atoms with van der Waals surface area (Å²) >= 11 is 6.31. The molecular weight excluding hydrogens is 399 g/mol. The van der Waals surface area contributed by atoms with Crippen LogP contribution in [0.2, 0.25) is 5.02 Å². The summed E-state index contributed by atoms with van der Waals surface area (Å²) in [6.07, 6.45) is 0. The summed E-state index contributed by atoms with van der Waals surface area (Å²) in [5.41, 5.74) is 0.987. The number of nitrogens with zero attached hydrogens (tertiary/aromatic N) is 1. The highest BCUT2D eigenvalue weighted by Crippen LogP contribution is 2.34. The van der Waals surface area contributed by atoms with E-state index in [1.165, 1.54) is 24.1 Å². The Kier molecular flexibility index (Phi) is 6.39. The normalized spacial score (nSPS) is 16.5. The van der Waals surface area contributed by atoms with E-state index in [1.807, 2.05) is 0 Å². The zero-order chi connectivity index (χ0) is 21.0. The Bertz CT molecular complexity index is 963. The number of ether oxygens (including phenoxy) is 2. The smallest absolute Gasteiger partial charge is 0.338 e. The Morgan fingerprint density at radius 1 is 1.21 bits per heavy atom. The van der Waals surface area contributed by atoms with Crippen LogP contribution in [-0.2, 0) is 9.53 Å². The van der Waals surface area contributed by atoms with Crippen LogP contribution >= 0.6 is 11.6 Å². The Morgan fingerprint density at radius 3 is 2.59 bits per heavy atom. The topological polar surface area (TPSA) is 67.9 Å². The van der Waals surface area contributed by atoms with Gasteiger partial charge in [0.2, 0.25) is 0 Å². The van der Waals surface area contributed by atoms with Gasteiger partial charge in [0.1, 0.15) is 6.61 Å². The lowest BCUT2D eigenvalue weighted by Gasteiger charge is -2.34. The van der Waals surface area contributed by atoms with Crippen molar-refractivity contribution < 1.29 is 23.5 Å². The number of rotatable bonds is 6. The minimum absolute atomic E-state index is 0.0110. The Labute approximate surface area is 172 Å². The van der Waals surface area contributed by atoms with Crippen LogP contribution in [0.1, 0.15) is 18.5 Å². The number of likely N-dealkylation sites (N-methyl/N-ethyl adjacent to an activating group) is 1. The third kappa shape index (κ3) is 4.35. The summed E-state index contributed by atoms with van der Waals surface area (Å²) < 4.78 is 24.7. The molecule has 8 heteroatoms. The molecule has 2 amide bonds. The molecule has 0 saturated carbocycles. The second-order valence-corrected chi connectivity index (χ2v) is 6.67. The van der Waals surface area contributed by atoms with Gasteiger partial charge in [0.25, 0.3) is 0 Å². The molecule has 0 spiro atoms. The van der Waals surface area contributed by atoms with Crippen molar-refractivity contribution in [1.82, 2.24) is 10.2 Å². The van der Waals surface area contributed by atoms with E-state index in [9.17, 15) is 14.0 Å². The van der Waals surface area contributed by atoms with Crippen LogP contribution in [0.5, 0.6) is 5.75 Å². The van der Waals surface area contributed by atoms with E-state index in [-0.39, 0.29) is 30.2 Å². The number of hydrogen-bond donors (Lipinski definition) is 1. The van der Waals surface area contributed by atoms with E-state index >= 15 is 0 Å². The molecule has 0 bridgehead atoms. The molecule has 1 aliphatic rings. The molecule has 1 atom stereocenters. The van der Waals surface area contributed by atoms with Gasteiger partial charge >= 0.3 is 12.0 Å². The maximum absolute atomic E-state index is 13.9. The van der Waals surface area contributed by atoms with Crippen molar-refractivity contribution in [3.05, 3.63) is 76.2 Å². The highest BCUT2D eigenvalue weighted by atomic mass is 35.5. The SMILES string of the molecule is CCOC(=O)C1=C(COc2ccccc2F)N(C)C(=O)N[C@H]1c1ccccc1Cl. The monoisotopic (exact) mass is 418 g/mol. The van der Waals surface area contributed by atoms with Crippen molar-refractivity contribution in [1.29, 1.82) is 0 Å². The lowest BCUT2D eigenvalue weighted by atomic mass is 9.94. The van der Waals surface area contributed by atoms with Crippen LogP contribution in [0, 0.1) is 5.82 Å². The van der Waals surface area contributed by atoms with Crippen LogP contribution in [0.15, 0.2) is 59.8 Å². The van der Waals surface area contributed by atoms with Crippen LogP contribution in [0.3, 0.4) is 0 Å². The molecule has 3 rings (SSSR count). The van der Waals surface area contributed by atoms with Crippen molar-refractivity contribution in [3.63, 3.8) is 0 Å². The Balaban J connectivity index is 2.07. The zero-order valence-electron chi connectivity index (χ0n) is 15.9. The predicted octanol–water partition coefficient (Wildman–Crippen LogP) is 4.07. The van der Waals surface area contributed by atoms with Crippen molar-refractivity contribution >= 4 is 23.6 Å². The molecule has 2 aromatic carbocycles. The standard InChI is InChI=1S/C21H20ClFN2O4/c1-3-28-20(26)18-16(12-29-17-11-7-6-10-15(17)23)25(2)21(27)24-19(18)13-8-4-5-9-14(13)22/h4-11,19H,3,12H2,1-2H3,(H,24,27)/t19-/m0/s1. The number of halogens is 2. The molecule has 152 valence electrons. The summed E-state index contributed by atoms with van der Waals surface area (Å²) in [7, 11) is 1.50. The maximum atomic E-state index is 13.9. The summed E-state index contributed by atoms with van der Waals surface area (Å²) in [5.74, 6) is -1.15. The Morgan fingerprint density at radius 2 is 1.90 bits per heavy atom. The van der Waals surface area contributed by atoms with Gasteiger partial charge in [-0.3, -0.25) is 4.90 Å². The quantitative estimate of drug-likeness (QED) is 0.718. The molecule has 2 aromatic rings. The minimum atomic E-state index is -0.828. The highest BCUT2D eigenvalue weighted by Gasteiger charge is 2.37. The van der Waals surface area contributed by atoms with E-state index in [1.54, 1.807) is 43.3 Å². The zero-order valence-corrected chi connectivity index (χ0v) is 16.7. The van der Waals surface area contributed by atoms with E-state index in [0.29, 0.717) is 10.6 Å². The van der Waals surface area contributed by atoms with Crippen molar-refractivity contribution in [2.75, 3.05) is 20.3 Å². The summed E-state index contributed by atoms with van der Waals surface area (Å²) in [5, 5.41) is 3.15. The Hall–Kier alpha value is -3.06. The number of carbonyl (C=O) groups excluding carboxylic acids is 2. The molecule has 1 heterocycles. The third-order valence-corrected chi connectivity index (χ3v) is 4.83. The first-order chi connectivity index (χ1) is 13.9. The summed E-state index contributed by atoms with van der Waals surface area (Å²) in [6.45, 7) is 1.63. The van der Waals surface area contributed by atoms with Gasteiger partial charge in [-0.1, -0.05) is 41.9 Å². The molecule has 0 aliphatic carbocycles. The van der Waals surface area contributed by atoms with Gasteiger partial charge < -0.3 is 14.8 Å². The average molecular weight is 419 g/mol. The molecule has 0 unspecified atom stereocenters. The first-order valence-corrected chi connectivity index (χ1v) is 9.38. The summed E-state index contributed by atoms with van der Waals surface area (Å²) in [4.78, 5) is 26.6. The van der Waals surface area contributed by atoms with Crippen LogP contribution in [0.25, 0.3) is 0 Å². The van der Waals surface area contributed by atoms with Crippen LogP contribution in [0.4, 0.5) is 9.18 Å². The van der Waals surface area contributed by atoms with E-state index in [2.05, 4.69) is 5.32 Å². The summed E-state index contributed by atoms with van der Waals surface area (Å²) in [6, 6.07) is 11.5. The number of benzene rings is 2. The number of amides is 2. The van der Waals surface area contributed by atoms with Gasteiger partial charge in [0, 0.05) is 12.1 Å². The van der Waals surface area contributed by atoms with Gasteiger partial charge in [-0.05, 0) is 30.7 Å². The molecule has 1 N–H and O–H groups in total. The van der Waals surface area contributed by atoms with Crippen LogP contribution in [-0.4, -0.2) is 37.2 Å². The van der Waals surface area contributed by atoms with Crippen molar-refractivity contribution in [2.24, 2.45) is 0 Å². The van der Waals surface area contributed by atoms with Crippen LogP contribution < -0.4 is 10.1 Å². The lowest BCUT2D eigenvalue weighted by Crippen LogP contribution is -2.48. The second-order valence-electron chi connectivity index (χ2n) is 6.26. The molecule has 29 heavy (non-hydrogen) atoms. The fourth-order valence-corrected chi connectivity index (χ4v) is 3.28. The highest BCUT2D eigenvalue weighted by molar-refractivity contribution is 6.31. The fraction of sp³-hybridized carbons (Fsp3) is 0.238. The number of carbonyl (C=O) groups is 2. The van der Waals surface area contributed by atoms with Gasteiger partial charge in [-0.15, -0.1) is 0 Å². The van der Waals surface area contributed by atoms with Gasteiger partial charge in [-0.25, -0.2) is 14.0 Å². The van der Waals surface area contributed by atoms with E-state index in [0.717, 1.165) is 0 Å². The maximum Gasteiger partial charge on any atom is 0.338 e. The lowest BCUT2D eigenvalue weighted by molar-refractivity contribution is -0.139. The number of esters is 1. The number of para-hydroxylation sites is 1. The van der Waals surface area contributed by atoms with E-state index in [4.69, 9.17) is 21.1 Å². The molecule has 0 radical (unpaired) electrons. The molecule has 0 fully saturated rings. The van der Waals surface area contributed by atoms with E-state index < -0.39 is 23.9 Å². The molecule has 1 aliphatic heterocycles. The first kappa shape index (κ1) is 20.7. The van der Waals surface area contributed by atoms with Gasteiger partial charge in [0.15, 0.2) is 11.6 Å². The molecule has 6 nitrogen and oxygen atoms in total. The predicted molar refractivity (Wildman–Crippen MR) is 106 cm³/mol. The first-order valence-electron chi connectivity index (χ1n) is 9.00. The van der Waals surface area contributed by atoms with Gasteiger partial charge in [0.05, 0.1) is 23.9 Å². The molecule has 0 aromatic heterocycles. The molecule has 0 saturated heterocycles. The molecular formula is C21H20ClFN2O4. The van der Waals surface area contributed by atoms with Crippen molar-refractivity contribution in [3.8, 4) is 5.75 Å². The largest absolute Gasteiger partial charge is 0.484 e. The number of urea groups is 1. The van der Waals surface area contributed by atoms with Crippen molar-refractivity contribution in [2.45, 2.75) is 13.0 Å².